The lowest BCUT2D eigenvalue weighted by Crippen LogP contribution is -2.27. The van der Waals surface area contributed by atoms with Crippen LogP contribution in [0, 0.1) is 13.8 Å². The van der Waals surface area contributed by atoms with E-state index in [9.17, 15) is 14.4 Å². The summed E-state index contributed by atoms with van der Waals surface area (Å²) in [5.41, 5.74) is 2.38. The molecule has 0 saturated heterocycles. The Morgan fingerprint density at radius 1 is 0.403 bits per heavy atom. The highest BCUT2D eigenvalue weighted by molar-refractivity contribution is 5.91. The first-order chi connectivity index (χ1) is 30.3. The van der Waals surface area contributed by atoms with E-state index >= 15 is 0 Å². The molecule has 0 radical (unpaired) electrons. The van der Waals surface area contributed by atoms with E-state index in [1.54, 1.807) is 24.3 Å². The molecule has 2 aromatic carbocycles. The number of benzene rings is 2. The summed E-state index contributed by atoms with van der Waals surface area (Å²) in [6.07, 6.45) is 33.8. The zero-order chi connectivity index (χ0) is 44.7. The normalized spacial score (nSPS) is 12.2. The van der Waals surface area contributed by atoms with Crippen LogP contribution in [-0.4, -0.2) is 43.5 Å². The Labute approximate surface area is 376 Å². The van der Waals surface area contributed by atoms with E-state index in [0.717, 1.165) is 49.7 Å². The Kier molecular flexibility index (Phi) is 33.6. The van der Waals surface area contributed by atoms with Crippen LogP contribution >= 0.6 is 0 Å². The van der Waals surface area contributed by atoms with E-state index in [1.165, 1.54) is 141 Å². The molecule has 0 amide bonds. The van der Waals surface area contributed by atoms with Gasteiger partial charge in [-0.2, -0.15) is 9.78 Å². The molecule has 2 aromatic rings. The fourth-order valence-electron chi connectivity index (χ4n) is 7.73. The third-order valence-electron chi connectivity index (χ3n) is 11.8. The monoisotopic (exact) mass is 867 g/mol. The largest absolute Gasteiger partial charge is 0.508 e. The van der Waals surface area contributed by atoms with Crippen LogP contribution in [0.5, 0.6) is 0 Å². The standard InChI is InChI=1S/C53H86O9/c1-5-7-9-11-13-15-17-19-21-23-25-27-29-31-39-47(59-61-51(54)49-41-35-33-37-45(49)3)43-57-53(56)58-44-48(60-62-52(55)50-42-36-34-38-46(50)4)40-32-30-28-26-24-22-20-18-16-14-12-10-8-6-2/h33-38,41-42,47-48H,5-32,39-40,43-44H2,1-4H3. The minimum atomic E-state index is -0.899. The van der Waals surface area contributed by atoms with Gasteiger partial charge in [0.15, 0.2) is 0 Å². The molecule has 2 unspecified atom stereocenters. The Bertz CT molecular complexity index is 1310. The lowest BCUT2D eigenvalue weighted by Gasteiger charge is -2.18. The molecule has 9 heteroatoms. The number of ether oxygens (including phenoxy) is 2. The highest BCUT2D eigenvalue weighted by atomic mass is 17.2. The molecule has 0 N–H and O–H groups in total. The molecule has 2 rings (SSSR count). The molecule has 2 atom stereocenters. The minimum absolute atomic E-state index is 0.148. The lowest BCUT2D eigenvalue weighted by atomic mass is 10.0. The van der Waals surface area contributed by atoms with Crippen molar-refractivity contribution in [2.24, 2.45) is 0 Å². The van der Waals surface area contributed by atoms with Gasteiger partial charge in [0.1, 0.15) is 25.4 Å². The number of rotatable bonds is 40. The van der Waals surface area contributed by atoms with Crippen LogP contribution < -0.4 is 0 Å². The lowest BCUT2D eigenvalue weighted by molar-refractivity contribution is -0.285. The van der Waals surface area contributed by atoms with E-state index in [0.29, 0.717) is 24.0 Å². The fraction of sp³-hybridized carbons (Fsp3) is 0.717. The van der Waals surface area contributed by atoms with Gasteiger partial charge in [-0.3, -0.25) is 9.78 Å². The smallest absolute Gasteiger partial charge is 0.431 e. The molecule has 62 heavy (non-hydrogen) atoms. The summed E-state index contributed by atoms with van der Waals surface area (Å²) >= 11 is 0. The highest BCUT2D eigenvalue weighted by Crippen LogP contribution is 2.19. The van der Waals surface area contributed by atoms with Gasteiger partial charge in [-0.05, 0) is 49.9 Å². The summed E-state index contributed by atoms with van der Waals surface area (Å²) in [5.74, 6) is -1.19. The van der Waals surface area contributed by atoms with Crippen LogP contribution in [0.1, 0.15) is 238 Å². The van der Waals surface area contributed by atoms with Crippen LogP contribution in [0.15, 0.2) is 48.5 Å². The van der Waals surface area contributed by atoms with Crippen LogP contribution in [-0.2, 0) is 29.0 Å². The number of carbonyl (C=O) groups is 3. The van der Waals surface area contributed by atoms with Gasteiger partial charge in [-0.15, -0.1) is 0 Å². The molecule has 352 valence electrons. The Balaban J connectivity index is 1.80. The highest BCUT2D eigenvalue weighted by Gasteiger charge is 2.22. The second-order valence-corrected chi connectivity index (χ2v) is 17.4. The van der Waals surface area contributed by atoms with Crippen molar-refractivity contribution in [3.63, 3.8) is 0 Å². The summed E-state index contributed by atoms with van der Waals surface area (Å²) in [5, 5.41) is 0. The SMILES string of the molecule is CCCCCCCCCCCCCCCCC(COC(=O)OCC(CCCCCCCCCCCCCCCC)OOC(=O)c1ccccc1C)OOC(=O)c1ccccc1C. The Morgan fingerprint density at radius 2 is 0.677 bits per heavy atom. The molecule has 0 aromatic heterocycles. The molecule has 0 aliphatic rings. The van der Waals surface area contributed by atoms with Gasteiger partial charge in [0.2, 0.25) is 0 Å². The van der Waals surface area contributed by atoms with E-state index in [-0.39, 0.29) is 13.2 Å². The quantitative estimate of drug-likeness (QED) is 0.0280. The first-order valence-electron chi connectivity index (χ1n) is 25.0. The molecule has 0 spiro atoms. The molecule has 9 nitrogen and oxygen atoms in total. The first kappa shape index (κ1) is 54.7. The maximum Gasteiger partial charge on any atom is 0.508 e. The number of hydrogen-bond acceptors (Lipinski definition) is 9. The van der Waals surface area contributed by atoms with Crippen molar-refractivity contribution in [2.75, 3.05) is 13.2 Å². The minimum Gasteiger partial charge on any atom is -0.431 e. The Morgan fingerprint density at radius 3 is 0.968 bits per heavy atom. The topological polar surface area (TPSA) is 107 Å². The Hall–Kier alpha value is -3.43. The summed E-state index contributed by atoms with van der Waals surface area (Å²) in [4.78, 5) is 60.2. The first-order valence-corrected chi connectivity index (χ1v) is 25.0. The second kappa shape index (κ2) is 38.1. The predicted molar refractivity (Wildman–Crippen MR) is 250 cm³/mol. The van der Waals surface area contributed by atoms with Gasteiger partial charge < -0.3 is 9.47 Å². The third-order valence-corrected chi connectivity index (χ3v) is 11.8. The number of unbranched alkanes of at least 4 members (excludes halogenated alkanes) is 26. The van der Waals surface area contributed by atoms with E-state index in [1.807, 2.05) is 38.1 Å². The average Bonchev–Trinajstić information content (AvgIpc) is 3.27. The van der Waals surface area contributed by atoms with Crippen LogP contribution in [0.2, 0.25) is 0 Å². The zero-order valence-corrected chi connectivity index (χ0v) is 39.6. The van der Waals surface area contributed by atoms with Gasteiger partial charge in [0.05, 0.1) is 11.1 Å². The van der Waals surface area contributed by atoms with Crippen molar-refractivity contribution in [1.29, 1.82) is 0 Å². The molecule has 0 saturated carbocycles. The molecular weight excluding hydrogens is 781 g/mol. The van der Waals surface area contributed by atoms with Crippen LogP contribution in [0.25, 0.3) is 0 Å². The van der Waals surface area contributed by atoms with E-state index < -0.39 is 30.3 Å². The fourth-order valence-corrected chi connectivity index (χ4v) is 7.73. The third kappa shape index (κ3) is 28.3. The molecule has 0 fully saturated rings. The number of hydrogen-bond donors (Lipinski definition) is 0. The number of aryl methyl sites for hydroxylation is 2. The van der Waals surface area contributed by atoms with E-state index in [2.05, 4.69) is 13.8 Å². The van der Waals surface area contributed by atoms with Crippen molar-refractivity contribution < 1.29 is 43.4 Å². The maximum absolute atomic E-state index is 12.9. The van der Waals surface area contributed by atoms with Crippen molar-refractivity contribution >= 4 is 18.1 Å². The summed E-state index contributed by atoms with van der Waals surface area (Å²) in [6, 6.07) is 14.3. The predicted octanol–water partition coefficient (Wildman–Crippen LogP) is 15.8. The second-order valence-electron chi connectivity index (χ2n) is 17.4. The van der Waals surface area contributed by atoms with Crippen molar-refractivity contribution in [2.45, 2.75) is 233 Å². The summed E-state index contributed by atoms with van der Waals surface area (Å²) in [7, 11) is 0. The van der Waals surface area contributed by atoms with Gasteiger partial charge in [-0.25, -0.2) is 14.4 Å². The average molecular weight is 867 g/mol. The van der Waals surface area contributed by atoms with Crippen LogP contribution in [0.4, 0.5) is 4.79 Å². The van der Waals surface area contributed by atoms with Crippen molar-refractivity contribution in [1.82, 2.24) is 0 Å². The molecule has 0 aliphatic carbocycles. The summed E-state index contributed by atoms with van der Waals surface area (Å²) in [6.45, 7) is 7.90. The van der Waals surface area contributed by atoms with Gasteiger partial charge >= 0.3 is 18.1 Å². The molecule has 0 aliphatic heterocycles. The molecule has 0 heterocycles. The summed E-state index contributed by atoms with van der Waals surface area (Å²) < 4.78 is 11.0. The van der Waals surface area contributed by atoms with E-state index in [4.69, 9.17) is 29.0 Å². The zero-order valence-electron chi connectivity index (χ0n) is 39.6. The van der Waals surface area contributed by atoms with Crippen molar-refractivity contribution in [3.05, 3.63) is 70.8 Å². The van der Waals surface area contributed by atoms with Gasteiger partial charge in [0, 0.05) is 0 Å². The maximum atomic E-state index is 12.9. The van der Waals surface area contributed by atoms with Gasteiger partial charge in [0.25, 0.3) is 0 Å². The number of carbonyl (C=O) groups excluding carboxylic acids is 3. The molecule has 0 bridgehead atoms. The molecular formula is C53H86O9. The van der Waals surface area contributed by atoms with Gasteiger partial charge in [-0.1, -0.05) is 230 Å². The van der Waals surface area contributed by atoms with Crippen molar-refractivity contribution in [3.8, 4) is 0 Å². The van der Waals surface area contributed by atoms with Crippen LogP contribution in [0.3, 0.4) is 0 Å².